The fourth-order valence-corrected chi connectivity index (χ4v) is 4.64. The maximum Gasteiger partial charge on any atom is 0.329 e. The van der Waals surface area contributed by atoms with Crippen molar-refractivity contribution < 1.29 is 19.5 Å². The lowest BCUT2D eigenvalue weighted by Gasteiger charge is -2.21. The lowest BCUT2D eigenvalue weighted by atomic mass is 10.0. The summed E-state index contributed by atoms with van der Waals surface area (Å²) in [6, 6.07) is 5.33. The molecule has 8 heteroatoms. The van der Waals surface area contributed by atoms with E-state index in [0.29, 0.717) is 6.42 Å². The molecule has 1 aromatic heterocycles. The summed E-state index contributed by atoms with van der Waals surface area (Å²) < 4.78 is 3.10. The van der Waals surface area contributed by atoms with Crippen LogP contribution in [-0.2, 0) is 27.9 Å². The first-order valence-electron chi connectivity index (χ1n) is 12.1. The highest BCUT2D eigenvalue weighted by Crippen LogP contribution is 2.24. The van der Waals surface area contributed by atoms with Gasteiger partial charge in [-0.2, -0.15) is 0 Å². The molecule has 1 aromatic carbocycles. The molecule has 1 atom stereocenters. The highest BCUT2D eigenvalue weighted by molar-refractivity contribution is 6.00. The average molecular weight is 458 g/mol. The molecule has 2 aromatic rings. The van der Waals surface area contributed by atoms with Crippen LogP contribution in [0.1, 0.15) is 88.7 Å². The van der Waals surface area contributed by atoms with Crippen molar-refractivity contribution in [2.75, 3.05) is 0 Å². The molecule has 2 amide bonds. The largest absolute Gasteiger partial charge is 0.481 e. The van der Waals surface area contributed by atoms with Crippen LogP contribution in [0.5, 0.6) is 0 Å². The molecule has 0 spiro atoms. The normalized spacial score (nSPS) is 16.3. The van der Waals surface area contributed by atoms with Crippen molar-refractivity contribution in [1.29, 1.82) is 0 Å². The minimum atomic E-state index is -0.705. The molecular formula is C25H35N3O5. The average Bonchev–Trinajstić information content (AvgIpc) is 3.02. The van der Waals surface area contributed by atoms with Crippen LogP contribution in [0.2, 0.25) is 0 Å². The van der Waals surface area contributed by atoms with E-state index in [1.54, 1.807) is 11.6 Å². The topological polar surface area (TPSA) is 110 Å². The Morgan fingerprint density at radius 3 is 2.24 bits per heavy atom. The third-order valence-electron chi connectivity index (χ3n) is 6.53. The molecule has 33 heavy (non-hydrogen) atoms. The van der Waals surface area contributed by atoms with Gasteiger partial charge in [0.15, 0.2) is 0 Å². The second-order valence-corrected chi connectivity index (χ2v) is 9.08. The zero-order valence-corrected chi connectivity index (χ0v) is 19.5. The number of unbranched alkanes of at least 4 members (excludes halogenated alkanes) is 8. The highest BCUT2D eigenvalue weighted by atomic mass is 16.4. The molecule has 0 saturated carbocycles. The molecule has 0 bridgehead atoms. The summed E-state index contributed by atoms with van der Waals surface area (Å²) in [6.07, 6.45) is 11.7. The van der Waals surface area contributed by atoms with Gasteiger partial charge in [0.2, 0.25) is 11.8 Å². The summed E-state index contributed by atoms with van der Waals surface area (Å²) in [7, 11) is 1.72. The number of nitrogens with zero attached hydrogens (tertiary/aromatic N) is 2. The molecule has 1 saturated heterocycles. The van der Waals surface area contributed by atoms with Crippen LogP contribution in [-0.4, -0.2) is 32.0 Å². The zero-order chi connectivity index (χ0) is 23.8. The van der Waals surface area contributed by atoms with E-state index in [1.807, 2.05) is 18.2 Å². The summed E-state index contributed by atoms with van der Waals surface area (Å²) in [5, 5.41) is 11.0. The number of imidazole rings is 1. The van der Waals surface area contributed by atoms with Gasteiger partial charge in [0, 0.05) is 19.9 Å². The number of amides is 2. The van der Waals surface area contributed by atoms with Crippen LogP contribution in [0.4, 0.5) is 0 Å². The summed E-state index contributed by atoms with van der Waals surface area (Å²) in [5.74, 6) is -1.41. The van der Waals surface area contributed by atoms with E-state index in [0.717, 1.165) is 49.6 Å². The number of hydrogen-bond donors (Lipinski definition) is 2. The Labute approximate surface area is 194 Å². The van der Waals surface area contributed by atoms with Crippen LogP contribution >= 0.6 is 0 Å². The summed E-state index contributed by atoms with van der Waals surface area (Å²) in [5.41, 5.74) is 2.48. The minimum absolute atomic E-state index is 0.236. The van der Waals surface area contributed by atoms with E-state index in [4.69, 9.17) is 5.11 Å². The van der Waals surface area contributed by atoms with Gasteiger partial charge < -0.3 is 5.11 Å². The number of piperidine rings is 1. The molecule has 1 unspecified atom stereocenters. The van der Waals surface area contributed by atoms with E-state index in [1.165, 1.54) is 35.8 Å². The SMILES string of the molecule is Cn1c(=O)n(C2CCC(=O)NC2=O)c2ccc(CCCCCCCCCCCC(=O)O)cc21. The second-order valence-electron chi connectivity index (χ2n) is 9.08. The first kappa shape index (κ1) is 24.7. The first-order valence-corrected chi connectivity index (χ1v) is 12.1. The number of nitrogens with one attached hydrogen (secondary N) is 1. The number of imide groups is 1. The molecule has 180 valence electrons. The van der Waals surface area contributed by atoms with E-state index < -0.39 is 17.9 Å². The first-order chi connectivity index (χ1) is 15.9. The molecule has 0 aliphatic carbocycles. The quantitative estimate of drug-likeness (QED) is 0.351. The Kier molecular flexibility index (Phi) is 8.86. The van der Waals surface area contributed by atoms with Crippen molar-refractivity contribution >= 4 is 28.8 Å². The molecule has 1 fully saturated rings. The number of aryl methyl sites for hydroxylation is 2. The number of carboxylic acid groups (broad SMARTS) is 1. The highest BCUT2D eigenvalue weighted by Gasteiger charge is 2.31. The minimum Gasteiger partial charge on any atom is -0.481 e. The number of aromatic nitrogens is 2. The number of hydrogen-bond acceptors (Lipinski definition) is 4. The third kappa shape index (κ3) is 6.55. The monoisotopic (exact) mass is 457 g/mol. The molecule has 1 aliphatic rings. The van der Waals surface area contributed by atoms with Gasteiger partial charge in [-0.3, -0.25) is 28.8 Å². The maximum absolute atomic E-state index is 12.8. The van der Waals surface area contributed by atoms with Gasteiger partial charge in [0.1, 0.15) is 6.04 Å². The van der Waals surface area contributed by atoms with Crippen LogP contribution in [0.25, 0.3) is 11.0 Å². The second kappa shape index (κ2) is 11.8. The van der Waals surface area contributed by atoms with Crippen molar-refractivity contribution in [1.82, 2.24) is 14.5 Å². The van der Waals surface area contributed by atoms with Crippen LogP contribution < -0.4 is 11.0 Å². The molecule has 3 rings (SSSR count). The number of carbonyl (C=O) groups excluding carboxylic acids is 2. The van der Waals surface area contributed by atoms with Gasteiger partial charge in [-0.1, -0.05) is 51.0 Å². The Bertz CT molecular complexity index is 1050. The van der Waals surface area contributed by atoms with Gasteiger partial charge in [-0.25, -0.2) is 4.79 Å². The standard InChI is InChI=1S/C25H35N3O5/c1-27-21-17-18(11-9-7-5-3-2-4-6-8-10-12-23(30)31)13-14-19(21)28(25(27)33)20-15-16-22(29)26-24(20)32/h13-14,17,20H,2-12,15-16H2,1H3,(H,30,31)(H,26,29,32). The van der Waals surface area contributed by atoms with Crippen molar-refractivity contribution in [2.45, 2.75) is 89.5 Å². The fraction of sp³-hybridized carbons (Fsp3) is 0.600. The smallest absolute Gasteiger partial charge is 0.329 e. The number of rotatable bonds is 13. The lowest BCUT2D eigenvalue weighted by Crippen LogP contribution is -2.44. The molecule has 2 N–H and O–H groups in total. The summed E-state index contributed by atoms with van der Waals surface area (Å²) in [4.78, 5) is 47.1. The van der Waals surface area contributed by atoms with Crippen LogP contribution in [0.3, 0.4) is 0 Å². The Hall–Kier alpha value is -2.90. The van der Waals surface area contributed by atoms with Gasteiger partial charge >= 0.3 is 11.7 Å². The van der Waals surface area contributed by atoms with E-state index in [-0.39, 0.29) is 24.4 Å². The van der Waals surface area contributed by atoms with Gasteiger partial charge in [-0.05, 0) is 43.4 Å². The van der Waals surface area contributed by atoms with Crippen molar-refractivity contribution in [3.05, 3.63) is 34.2 Å². The summed E-state index contributed by atoms with van der Waals surface area (Å²) >= 11 is 0. The van der Waals surface area contributed by atoms with Crippen LogP contribution in [0, 0.1) is 0 Å². The van der Waals surface area contributed by atoms with E-state index in [2.05, 4.69) is 5.32 Å². The predicted octanol–water partition coefficient (Wildman–Crippen LogP) is 3.85. The number of fused-ring (bicyclic) bond motifs is 1. The maximum atomic E-state index is 12.8. The lowest BCUT2D eigenvalue weighted by molar-refractivity contribution is -0.137. The van der Waals surface area contributed by atoms with Crippen molar-refractivity contribution in [3.8, 4) is 0 Å². The van der Waals surface area contributed by atoms with Crippen LogP contribution in [0.15, 0.2) is 23.0 Å². The fourth-order valence-electron chi connectivity index (χ4n) is 4.64. The Balaban J connectivity index is 1.46. The van der Waals surface area contributed by atoms with Crippen molar-refractivity contribution in [2.24, 2.45) is 7.05 Å². The molecule has 0 radical (unpaired) electrons. The molecule has 2 heterocycles. The zero-order valence-electron chi connectivity index (χ0n) is 19.5. The summed E-state index contributed by atoms with van der Waals surface area (Å²) in [6.45, 7) is 0. The van der Waals surface area contributed by atoms with Gasteiger partial charge in [0.05, 0.1) is 11.0 Å². The third-order valence-corrected chi connectivity index (χ3v) is 6.53. The van der Waals surface area contributed by atoms with Crippen molar-refractivity contribution in [3.63, 3.8) is 0 Å². The van der Waals surface area contributed by atoms with E-state index in [9.17, 15) is 19.2 Å². The van der Waals surface area contributed by atoms with Gasteiger partial charge in [0.25, 0.3) is 0 Å². The van der Waals surface area contributed by atoms with Gasteiger partial charge in [-0.15, -0.1) is 0 Å². The molecular weight excluding hydrogens is 422 g/mol. The van der Waals surface area contributed by atoms with E-state index >= 15 is 0 Å². The molecule has 8 nitrogen and oxygen atoms in total. The number of carboxylic acids is 1. The molecule has 1 aliphatic heterocycles. The number of carbonyl (C=O) groups is 3. The Morgan fingerprint density at radius 2 is 1.61 bits per heavy atom. The number of benzene rings is 1. The predicted molar refractivity (Wildman–Crippen MR) is 126 cm³/mol. The number of aliphatic carboxylic acids is 1. The Morgan fingerprint density at radius 1 is 0.970 bits per heavy atom.